The highest BCUT2D eigenvalue weighted by Crippen LogP contribution is 2.22. The summed E-state index contributed by atoms with van der Waals surface area (Å²) in [5.41, 5.74) is -0.220. The normalized spacial score (nSPS) is 25.0. The molecule has 2 atom stereocenters. The van der Waals surface area contributed by atoms with Crippen LogP contribution in [0.1, 0.15) is 66.2 Å². The van der Waals surface area contributed by atoms with Crippen LogP contribution in [0.15, 0.2) is 0 Å². The lowest BCUT2D eigenvalue weighted by Gasteiger charge is -2.38. The first-order chi connectivity index (χ1) is 11.3. The summed E-state index contributed by atoms with van der Waals surface area (Å²) in [4.78, 5) is 29.6. The van der Waals surface area contributed by atoms with E-state index in [-0.39, 0.29) is 23.4 Å². The van der Waals surface area contributed by atoms with Gasteiger partial charge in [0.05, 0.1) is 12.0 Å². The molecule has 0 radical (unpaired) electrons. The number of nitrogens with zero attached hydrogens (tertiary/aromatic N) is 2. The molecule has 2 fully saturated rings. The summed E-state index contributed by atoms with van der Waals surface area (Å²) in [6, 6.07) is -0.177. The van der Waals surface area contributed by atoms with Crippen LogP contribution in [0.2, 0.25) is 0 Å². The third kappa shape index (κ3) is 5.47. The number of hydrogen-bond donors (Lipinski definition) is 1. The second-order valence-electron chi connectivity index (χ2n) is 8.49. The largest absolute Gasteiger partial charge is 0.350 e. The number of carbonyl (C=O) groups excluding carboxylic acids is 2. The minimum absolute atomic E-state index is 0.0572. The van der Waals surface area contributed by atoms with Crippen molar-refractivity contribution >= 4 is 11.8 Å². The molecule has 0 bridgehead atoms. The van der Waals surface area contributed by atoms with Gasteiger partial charge in [-0.05, 0) is 59.9 Å². The molecule has 0 aromatic heterocycles. The first-order valence-electron chi connectivity index (χ1n) is 9.63. The average Bonchev–Trinajstić information content (AvgIpc) is 2.81. The van der Waals surface area contributed by atoms with Crippen molar-refractivity contribution in [3.05, 3.63) is 0 Å². The van der Waals surface area contributed by atoms with Crippen LogP contribution < -0.4 is 5.32 Å². The van der Waals surface area contributed by atoms with Gasteiger partial charge in [0.2, 0.25) is 11.8 Å². The smallest absolute Gasteiger partial charge is 0.237 e. The van der Waals surface area contributed by atoms with Gasteiger partial charge in [0.25, 0.3) is 0 Å². The second kappa shape index (κ2) is 8.32. The Labute approximate surface area is 147 Å². The highest BCUT2D eigenvalue weighted by Gasteiger charge is 2.33. The summed E-state index contributed by atoms with van der Waals surface area (Å²) < 4.78 is 0. The van der Waals surface area contributed by atoms with Crippen molar-refractivity contribution in [3.8, 4) is 0 Å². The fourth-order valence-corrected chi connectivity index (χ4v) is 3.75. The van der Waals surface area contributed by atoms with Crippen LogP contribution in [0, 0.1) is 5.92 Å². The molecular weight excluding hydrogens is 302 g/mol. The Kier molecular flexibility index (Phi) is 6.67. The van der Waals surface area contributed by atoms with Gasteiger partial charge >= 0.3 is 0 Å². The van der Waals surface area contributed by atoms with Crippen LogP contribution in [0.5, 0.6) is 0 Å². The van der Waals surface area contributed by atoms with Crippen molar-refractivity contribution < 1.29 is 9.59 Å². The van der Waals surface area contributed by atoms with Gasteiger partial charge in [-0.25, -0.2) is 0 Å². The predicted molar refractivity (Wildman–Crippen MR) is 96.7 cm³/mol. The first-order valence-corrected chi connectivity index (χ1v) is 9.63. The predicted octanol–water partition coefficient (Wildman–Crippen LogP) is 2.40. The van der Waals surface area contributed by atoms with E-state index in [2.05, 4.69) is 15.1 Å². The Morgan fingerprint density at radius 2 is 1.62 bits per heavy atom. The summed E-state index contributed by atoms with van der Waals surface area (Å²) in [6.07, 6.45) is 6.70. The van der Waals surface area contributed by atoms with E-state index < -0.39 is 0 Å². The standard InChI is InChI=1S/C19H35N3O2/c1-15(17(23)20-19(2,3)4)22-13-9-10-16(14-22)18(24)21-11-7-5-6-8-12-21/h15-16H,5-14H2,1-4H3,(H,20,23)/t15-,16-/m1/s1. The monoisotopic (exact) mass is 337 g/mol. The first kappa shape index (κ1) is 19.2. The number of likely N-dealkylation sites (tertiary alicyclic amines) is 2. The van der Waals surface area contributed by atoms with E-state index in [4.69, 9.17) is 0 Å². The minimum atomic E-state index is -0.220. The molecule has 5 nitrogen and oxygen atoms in total. The number of piperidine rings is 1. The number of nitrogens with one attached hydrogen (secondary N) is 1. The lowest BCUT2D eigenvalue weighted by atomic mass is 9.95. The van der Waals surface area contributed by atoms with Crippen molar-refractivity contribution in [2.24, 2.45) is 5.92 Å². The van der Waals surface area contributed by atoms with Gasteiger partial charge in [0.15, 0.2) is 0 Å². The molecule has 5 heteroatoms. The molecule has 1 N–H and O–H groups in total. The maximum absolute atomic E-state index is 12.9. The van der Waals surface area contributed by atoms with Crippen LogP contribution >= 0.6 is 0 Å². The third-order valence-electron chi connectivity index (χ3n) is 5.15. The number of carbonyl (C=O) groups is 2. The Bertz CT molecular complexity index is 436. The average molecular weight is 338 g/mol. The van der Waals surface area contributed by atoms with E-state index in [0.29, 0.717) is 12.5 Å². The van der Waals surface area contributed by atoms with E-state index in [1.54, 1.807) is 0 Å². The Hall–Kier alpha value is -1.10. The van der Waals surface area contributed by atoms with Crippen LogP contribution in [0.4, 0.5) is 0 Å². The van der Waals surface area contributed by atoms with E-state index in [1.807, 2.05) is 27.7 Å². The lowest BCUT2D eigenvalue weighted by Crippen LogP contribution is -2.54. The Morgan fingerprint density at radius 1 is 1.00 bits per heavy atom. The zero-order valence-electron chi connectivity index (χ0n) is 15.9. The van der Waals surface area contributed by atoms with Crippen molar-refractivity contribution in [2.75, 3.05) is 26.2 Å². The van der Waals surface area contributed by atoms with Gasteiger partial charge in [0, 0.05) is 25.2 Å². The van der Waals surface area contributed by atoms with E-state index in [1.165, 1.54) is 12.8 Å². The maximum atomic E-state index is 12.9. The molecule has 0 saturated carbocycles. The molecular formula is C19H35N3O2. The second-order valence-corrected chi connectivity index (χ2v) is 8.49. The molecule has 0 aliphatic carbocycles. The quantitative estimate of drug-likeness (QED) is 0.860. The third-order valence-corrected chi connectivity index (χ3v) is 5.15. The van der Waals surface area contributed by atoms with Gasteiger partial charge in [-0.3, -0.25) is 14.5 Å². The zero-order chi connectivity index (χ0) is 17.7. The van der Waals surface area contributed by atoms with Crippen LogP contribution in [0.3, 0.4) is 0 Å². The summed E-state index contributed by atoms with van der Waals surface area (Å²) in [7, 11) is 0. The van der Waals surface area contributed by atoms with Crippen LogP contribution in [-0.2, 0) is 9.59 Å². The minimum Gasteiger partial charge on any atom is -0.350 e. The van der Waals surface area contributed by atoms with Crippen LogP contribution in [-0.4, -0.2) is 59.4 Å². The topological polar surface area (TPSA) is 52.7 Å². The SMILES string of the molecule is C[C@H](C(=O)NC(C)(C)C)N1CCC[C@@H](C(=O)N2CCCCCC2)C1. The Morgan fingerprint density at radius 3 is 2.21 bits per heavy atom. The van der Waals surface area contributed by atoms with Gasteiger partial charge in [0.1, 0.15) is 0 Å². The highest BCUT2D eigenvalue weighted by molar-refractivity contribution is 5.82. The summed E-state index contributed by atoms with van der Waals surface area (Å²) in [5.74, 6) is 0.428. The maximum Gasteiger partial charge on any atom is 0.237 e. The molecule has 0 aromatic carbocycles. The lowest BCUT2D eigenvalue weighted by molar-refractivity contribution is -0.139. The number of amides is 2. The van der Waals surface area contributed by atoms with E-state index in [0.717, 1.165) is 45.3 Å². The molecule has 2 heterocycles. The fraction of sp³-hybridized carbons (Fsp3) is 0.895. The van der Waals surface area contributed by atoms with Crippen molar-refractivity contribution in [3.63, 3.8) is 0 Å². The van der Waals surface area contributed by atoms with Crippen LogP contribution in [0.25, 0.3) is 0 Å². The number of rotatable bonds is 3. The highest BCUT2D eigenvalue weighted by atomic mass is 16.2. The van der Waals surface area contributed by atoms with Crippen molar-refractivity contribution in [1.29, 1.82) is 0 Å². The van der Waals surface area contributed by atoms with Gasteiger partial charge in [-0.2, -0.15) is 0 Å². The molecule has 0 unspecified atom stereocenters. The molecule has 0 aromatic rings. The number of hydrogen-bond acceptors (Lipinski definition) is 3. The van der Waals surface area contributed by atoms with E-state index in [9.17, 15) is 9.59 Å². The summed E-state index contributed by atoms with van der Waals surface area (Å²) in [5, 5.41) is 3.06. The molecule has 138 valence electrons. The summed E-state index contributed by atoms with van der Waals surface area (Å²) in [6.45, 7) is 11.4. The van der Waals surface area contributed by atoms with Gasteiger partial charge in [-0.15, -0.1) is 0 Å². The Balaban J connectivity index is 1.92. The fourth-order valence-electron chi connectivity index (χ4n) is 3.75. The molecule has 0 spiro atoms. The van der Waals surface area contributed by atoms with Crippen molar-refractivity contribution in [2.45, 2.75) is 77.8 Å². The molecule has 24 heavy (non-hydrogen) atoms. The molecule has 2 aliphatic rings. The zero-order valence-corrected chi connectivity index (χ0v) is 15.9. The van der Waals surface area contributed by atoms with E-state index >= 15 is 0 Å². The molecule has 2 saturated heterocycles. The molecule has 2 rings (SSSR count). The van der Waals surface area contributed by atoms with Crippen molar-refractivity contribution in [1.82, 2.24) is 15.1 Å². The molecule has 2 amide bonds. The summed E-state index contributed by atoms with van der Waals surface area (Å²) >= 11 is 0. The molecule has 2 aliphatic heterocycles. The van der Waals surface area contributed by atoms with Gasteiger partial charge < -0.3 is 10.2 Å². The van der Waals surface area contributed by atoms with Gasteiger partial charge in [-0.1, -0.05) is 12.8 Å².